The van der Waals surface area contributed by atoms with Gasteiger partial charge in [-0.3, -0.25) is 10.00 Å². The van der Waals surface area contributed by atoms with Gasteiger partial charge in [0.05, 0.1) is 12.6 Å². The van der Waals surface area contributed by atoms with Gasteiger partial charge in [0.15, 0.2) is 5.60 Å². The second kappa shape index (κ2) is 7.11. The molecule has 0 radical (unpaired) electrons. The van der Waals surface area contributed by atoms with Gasteiger partial charge < -0.3 is 14.7 Å². The number of H-pyrrole nitrogens is 1. The molecular weight excluding hydrogens is 306 g/mol. The highest BCUT2D eigenvalue weighted by atomic mass is 16.6. The molecule has 0 unspecified atom stereocenters. The Balaban J connectivity index is 1.75. The minimum absolute atomic E-state index is 0.463. The van der Waals surface area contributed by atoms with Crippen LogP contribution in [0, 0.1) is 5.92 Å². The minimum Gasteiger partial charge on any atom is -0.452 e. The normalized spacial score (nSPS) is 29.8. The smallest absolute Gasteiger partial charge is 0.288 e. The van der Waals surface area contributed by atoms with E-state index in [1.54, 1.807) is 6.20 Å². The number of nitrogens with zero attached hydrogens (tertiary/aromatic N) is 4. The third-order valence-corrected chi connectivity index (χ3v) is 4.67. The molecule has 0 amide bonds. The summed E-state index contributed by atoms with van der Waals surface area (Å²) in [4.78, 5) is 9.03. The standard InChI is InChI=1S/C17H29N5O2/c1-4-18-16-22(9-13(2)3)12-17(24-16)11-21(8-6-15(17)23)10-14-5-7-19-20-14/h5,7,13,15,23H,4,6,8-12H2,1-3H3,(H,19,20)/t15-,17+/m0/s1. The SMILES string of the molecule is CCN=C1O[C@]2(CN(Cc3ccn[nH]3)CC[C@@H]2O)CN1CC(C)C. The zero-order valence-corrected chi connectivity index (χ0v) is 14.9. The van der Waals surface area contributed by atoms with Gasteiger partial charge in [0.1, 0.15) is 0 Å². The molecule has 24 heavy (non-hydrogen) atoms. The molecule has 7 heteroatoms. The second-order valence-electron chi connectivity index (χ2n) is 7.30. The largest absolute Gasteiger partial charge is 0.452 e. The third-order valence-electron chi connectivity index (χ3n) is 4.67. The van der Waals surface area contributed by atoms with E-state index in [2.05, 4.69) is 38.8 Å². The predicted octanol–water partition coefficient (Wildman–Crippen LogP) is 1.08. The molecule has 2 fully saturated rings. The van der Waals surface area contributed by atoms with Crippen molar-refractivity contribution >= 4 is 6.02 Å². The van der Waals surface area contributed by atoms with Gasteiger partial charge >= 0.3 is 0 Å². The van der Waals surface area contributed by atoms with Gasteiger partial charge in [0.25, 0.3) is 6.02 Å². The van der Waals surface area contributed by atoms with E-state index in [1.807, 2.05) is 13.0 Å². The molecule has 2 aliphatic heterocycles. The molecule has 7 nitrogen and oxygen atoms in total. The molecule has 2 aliphatic rings. The molecule has 2 N–H and O–H groups in total. The van der Waals surface area contributed by atoms with Gasteiger partial charge in [-0.2, -0.15) is 5.10 Å². The maximum atomic E-state index is 10.7. The molecule has 0 aromatic carbocycles. The summed E-state index contributed by atoms with van der Waals surface area (Å²) in [5.74, 6) is 0.521. The Kier molecular flexibility index (Phi) is 5.10. The number of amidine groups is 1. The van der Waals surface area contributed by atoms with Crippen LogP contribution in [-0.4, -0.2) is 75.6 Å². The highest BCUT2D eigenvalue weighted by molar-refractivity contribution is 5.76. The molecule has 1 spiro atoms. The quantitative estimate of drug-likeness (QED) is 0.842. The monoisotopic (exact) mass is 335 g/mol. The molecule has 134 valence electrons. The van der Waals surface area contributed by atoms with Crippen LogP contribution in [0.1, 0.15) is 32.9 Å². The van der Waals surface area contributed by atoms with Crippen molar-refractivity contribution in [2.45, 2.75) is 45.4 Å². The van der Waals surface area contributed by atoms with Crippen molar-refractivity contribution in [1.29, 1.82) is 0 Å². The molecule has 1 aromatic heterocycles. The number of likely N-dealkylation sites (tertiary alicyclic amines) is 1. The average Bonchev–Trinajstić information content (AvgIpc) is 3.13. The fourth-order valence-electron chi connectivity index (χ4n) is 3.66. The number of hydrogen-bond acceptors (Lipinski definition) is 5. The van der Waals surface area contributed by atoms with E-state index in [9.17, 15) is 5.11 Å². The lowest BCUT2D eigenvalue weighted by molar-refractivity contribution is -0.0958. The van der Waals surface area contributed by atoms with Crippen LogP contribution in [-0.2, 0) is 11.3 Å². The Hall–Kier alpha value is -1.60. The Bertz CT molecular complexity index is 559. The average molecular weight is 335 g/mol. The number of piperidine rings is 1. The van der Waals surface area contributed by atoms with E-state index in [4.69, 9.17) is 4.74 Å². The van der Waals surface area contributed by atoms with Crippen molar-refractivity contribution in [3.63, 3.8) is 0 Å². The molecule has 0 saturated carbocycles. The van der Waals surface area contributed by atoms with E-state index in [0.717, 1.165) is 25.3 Å². The van der Waals surface area contributed by atoms with Crippen molar-refractivity contribution in [2.24, 2.45) is 10.9 Å². The van der Waals surface area contributed by atoms with Crippen LogP contribution >= 0.6 is 0 Å². The number of aliphatic hydroxyl groups excluding tert-OH is 1. The van der Waals surface area contributed by atoms with Crippen molar-refractivity contribution in [1.82, 2.24) is 20.0 Å². The maximum Gasteiger partial charge on any atom is 0.288 e. The Morgan fingerprint density at radius 3 is 3.00 bits per heavy atom. The summed E-state index contributed by atoms with van der Waals surface area (Å²) in [6.07, 6.45) is 2.02. The van der Waals surface area contributed by atoms with Gasteiger partial charge in [0.2, 0.25) is 0 Å². The predicted molar refractivity (Wildman–Crippen MR) is 92.7 cm³/mol. The number of aliphatic hydroxyl groups is 1. The number of rotatable bonds is 5. The highest BCUT2D eigenvalue weighted by Crippen LogP contribution is 2.33. The van der Waals surface area contributed by atoms with E-state index < -0.39 is 11.7 Å². The van der Waals surface area contributed by atoms with Gasteiger partial charge in [-0.15, -0.1) is 0 Å². The van der Waals surface area contributed by atoms with Crippen LogP contribution in [0.25, 0.3) is 0 Å². The molecule has 0 bridgehead atoms. The number of aromatic nitrogens is 2. The molecule has 3 rings (SSSR count). The lowest BCUT2D eigenvalue weighted by atomic mass is 9.89. The number of ether oxygens (including phenoxy) is 1. The molecule has 2 atom stereocenters. The van der Waals surface area contributed by atoms with Gasteiger partial charge in [-0.05, 0) is 25.3 Å². The van der Waals surface area contributed by atoms with Gasteiger partial charge in [-0.25, -0.2) is 4.99 Å². The maximum absolute atomic E-state index is 10.7. The topological polar surface area (TPSA) is 77.0 Å². The summed E-state index contributed by atoms with van der Waals surface area (Å²) in [7, 11) is 0. The van der Waals surface area contributed by atoms with Gasteiger partial charge in [0, 0.05) is 44.6 Å². The molecule has 1 aromatic rings. The van der Waals surface area contributed by atoms with Crippen LogP contribution in [0.5, 0.6) is 0 Å². The Labute approximate surface area is 143 Å². The Morgan fingerprint density at radius 1 is 1.50 bits per heavy atom. The third kappa shape index (κ3) is 3.57. The first-order valence-electron chi connectivity index (χ1n) is 8.89. The van der Waals surface area contributed by atoms with Crippen molar-refractivity contribution < 1.29 is 9.84 Å². The van der Waals surface area contributed by atoms with Crippen LogP contribution in [0.2, 0.25) is 0 Å². The van der Waals surface area contributed by atoms with E-state index in [0.29, 0.717) is 38.0 Å². The van der Waals surface area contributed by atoms with Gasteiger partial charge in [-0.1, -0.05) is 13.8 Å². The summed E-state index contributed by atoms with van der Waals surface area (Å²) < 4.78 is 6.26. The summed E-state index contributed by atoms with van der Waals surface area (Å²) in [5.41, 5.74) is 0.502. The lowest BCUT2D eigenvalue weighted by Crippen LogP contribution is -2.59. The summed E-state index contributed by atoms with van der Waals surface area (Å²) in [6.45, 7) is 11.0. The molecule has 0 aliphatic carbocycles. The first-order chi connectivity index (χ1) is 11.5. The zero-order chi connectivity index (χ0) is 17.2. The van der Waals surface area contributed by atoms with Crippen LogP contribution in [0.4, 0.5) is 0 Å². The van der Waals surface area contributed by atoms with Crippen LogP contribution in [0.3, 0.4) is 0 Å². The first-order valence-corrected chi connectivity index (χ1v) is 8.89. The number of aliphatic imine (C=N–C) groups is 1. The molecule has 3 heterocycles. The number of nitrogens with one attached hydrogen (secondary N) is 1. The lowest BCUT2D eigenvalue weighted by Gasteiger charge is -2.42. The number of aromatic amines is 1. The fourth-order valence-corrected chi connectivity index (χ4v) is 3.66. The molecule has 2 saturated heterocycles. The number of hydrogen-bond donors (Lipinski definition) is 2. The second-order valence-corrected chi connectivity index (χ2v) is 7.30. The summed E-state index contributed by atoms with van der Waals surface area (Å²) in [6, 6.07) is 2.68. The Morgan fingerprint density at radius 2 is 2.33 bits per heavy atom. The van der Waals surface area contributed by atoms with Crippen molar-refractivity contribution in [3.05, 3.63) is 18.0 Å². The fraction of sp³-hybridized carbons (Fsp3) is 0.765. The van der Waals surface area contributed by atoms with Crippen LogP contribution < -0.4 is 0 Å². The van der Waals surface area contributed by atoms with Crippen molar-refractivity contribution in [3.8, 4) is 0 Å². The van der Waals surface area contributed by atoms with E-state index in [-0.39, 0.29) is 0 Å². The molecular formula is C17H29N5O2. The summed E-state index contributed by atoms with van der Waals surface area (Å²) >= 11 is 0. The first kappa shape index (κ1) is 17.2. The zero-order valence-electron chi connectivity index (χ0n) is 14.9. The highest BCUT2D eigenvalue weighted by Gasteiger charge is 2.52. The van der Waals surface area contributed by atoms with Crippen LogP contribution in [0.15, 0.2) is 17.3 Å². The van der Waals surface area contributed by atoms with E-state index >= 15 is 0 Å². The van der Waals surface area contributed by atoms with E-state index in [1.165, 1.54) is 0 Å². The minimum atomic E-state index is -0.582. The summed E-state index contributed by atoms with van der Waals surface area (Å²) in [5, 5.41) is 17.7. The van der Waals surface area contributed by atoms with Crippen molar-refractivity contribution in [2.75, 3.05) is 32.7 Å².